The Morgan fingerprint density at radius 1 is 1.00 bits per heavy atom. The molecule has 1 aromatic carbocycles. The van der Waals surface area contributed by atoms with Crippen molar-refractivity contribution in [3.05, 3.63) is 57.0 Å². The van der Waals surface area contributed by atoms with Crippen molar-refractivity contribution in [3.63, 3.8) is 0 Å². The minimum atomic E-state index is -0.380. The molecule has 2 aromatic rings. The van der Waals surface area contributed by atoms with Crippen LogP contribution in [0.1, 0.15) is 5.56 Å². The van der Waals surface area contributed by atoms with E-state index in [-0.39, 0.29) is 5.82 Å². The van der Waals surface area contributed by atoms with Gasteiger partial charge in [0.2, 0.25) is 0 Å². The standard InChI is InChI=1S/C12H8Cl3FN2/c13-9-2-11(15)12(3-10(9)14)18-5-7-1-8(16)6-17-4-7/h1-4,6,18H,5H2. The van der Waals surface area contributed by atoms with Crippen molar-refractivity contribution in [1.29, 1.82) is 0 Å². The molecule has 0 spiro atoms. The number of rotatable bonds is 3. The van der Waals surface area contributed by atoms with Crippen LogP contribution >= 0.6 is 34.8 Å². The van der Waals surface area contributed by atoms with E-state index in [1.807, 2.05) is 0 Å². The maximum atomic E-state index is 12.9. The van der Waals surface area contributed by atoms with Crippen LogP contribution in [0.15, 0.2) is 30.6 Å². The van der Waals surface area contributed by atoms with Gasteiger partial charge in [0.25, 0.3) is 0 Å². The second-order valence-electron chi connectivity index (χ2n) is 3.61. The van der Waals surface area contributed by atoms with E-state index in [4.69, 9.17) is 34.8 Å². The van der Waals surface area contributed by atoms with Crippen molar-refractivity contribution in [2.24, 2.45) is 0 Å². The number of nitrogens with zero attached hydrogens (tertiary/aromatic N) is 1. The van der Waals surface area contributed by atoms with Crippen molar-refractivity contribution in [2.45, 2.75) is 6.54 Å². The predicted molar refractivity (Wildman–Crippen MR) is 73.0 cm³/mol. The molecule has 0 fully saturated rings. The van der Waals surface area contributed by atoms with Gasteiger partial charge < -0.3 is 5.32 Å². The first-order valence-electron chi connectivity index (χ1n) is 5.04. The zero-order valence-corrected chi connectivity index (χ0v) is 11.3. The van der Waals surface area contributed by atoms with Crippen LogP contribution in [0.2, 0.25) is 15.1 Å². The largest absolute Gasteiger partial charge is 0.380 e. The van der Waals surface area contributed by atoms with Gasteiger partial charge in [-0.3, -0.25) is 4.98 Å². The van der Waals surface area contributed by atoms with Gasteiger partial charge in [-0.15, -0.1) is 0 Å². The molecule has 1 aromatic heterocycles. The van der Waals surface area contributed by atoms with Crippen LogP contribution in [0.3, 0.4) is 0 Å². The molecule has 0 saturated heterocycles. The van der Waals surface area contributed by atoms with Crippen molar-refractivity contribution < 1.29 is 4.39 Å². The highest BCUT2D eigenvalue weighted by Crippen LogP contribution is 2.32. The molecule has 0 atom stereocenters. The maximum Gasteiger partial charge on any atom is 0.141 e. The van der Waals surface area contributed by atoms with Gasteiger partial charge >= 0.3 is 0 Å². The summed E-state index contributed by atoms with van der Waals surface area (Å²) in [6.45, 7) is 0.391. The third-order valence-electron chi connectivity index (χ3n) is 2.25. The Bertz CT molecular complexity index is 575. The van der Waals surface area contributed by atoms with Gasteiger partial charge in [0.15, 0.2) is 0 Å². The minimum Gasteiger partial charge on any atom is -0.380 e. The highest BCUT2D eigenvalue weighted by Gasteiger charge is 2.06. The summed E-state index contributed by atoms with van der Waals surface area (Å²) in [5.74, 6) is -0.380. The molecule has 0 radical (unpaired) electrons. The van der Waals surface area contributed by atoms with Gasteiger partial charge in [0, 0.05) is 12.7 Å². The summed E-state index contributed by atoms with van der Waals surface area (Å²) in [6, 6.07) is 4.57. The van der Waals surface area contributed by atoms with Gasteiger partial charge in [0.05, 0.1) is 27.0 Å². The van der Waals surface area contributed by atoms with E-state index in [2.05, 4.69) is 10.3 Å². The van der Waals surface area contributed by atoms with Gasteiger partial charge in [-0.2, -0.15) is 0 Å². The molecule has 18 heavy (non-hydrogen) atoms. The number of hydrogen-bond acceptors (Lipinski definition) is 2. The molecular formula is C12H8Cl3FN2. The highest BCUT2D eigenvalue weighted by molar-refractivity contribution is 6.44. The molecule has 0 aliphatic heterocycles. The zero-order chi connectivity index (χ0) is 13.1. The van der Waals surface area contributed by atoms with Crippen LogP contribution in [0, 0.1) is 5.82 Å². The quantitative estimate of drug-likeness (QED) is 0.824. The van der Waals surface area contributed by atoms with Crippen LogP contribution in [-0.4, -0.2) is 4.98 Å². The van der Waals surface area contributed by atoms with E-state index >= 15 is 0 Å². The first-order chi connectivity index (χ1) is 8.56. The molecule has 0 unspecified atom stereocenters. The number of hydrogen-bond donors (Lipinski definition) is 1. The maximum absolute atomic E-state index is 12.9. The summed E-state index contributed by atoms with van der Waals surface area (Å²) >= 11 is 17.7. The van der Waals surface area contributed by atoms with Crippen molar-refractivity contribution >= 4 is 40.5 Å². The molecule has 0 amide bonds. The number of halogens is 4. The minimum absolute atomic E-state index is 0.380. The SMILES string of the molecule is Fc1cncc(CNc2cc(Cl)c(Cl)cc2Cl)c1. The van der Waals surface area contributed by atoms with E-state index in [1.165, 1.54) is 6.07 Å². The molecular weight excluding hydrogens is 298 g/mol. The molecule has 0 bridgehead atoms. The Morgan fingerprint density at radius 2 is 1.72 bits per heavy atom. The van der Waals surface area contributed by atoms with Crippen LogP contribution in [0.5, 0.6) is 0 Å². The first-order valence-corrected chi connectivity index (χ1v) is 6.17. The average Bonchev–Trinajstić information content (AvgIpc) is 2.32. The smallest absolute Gasteiger partial charge is 0.141 e. The summed E-state index contributed by atoms with van der Waals surface area (Å²) in [5, 5.41) is 4.29. The van der Waals surface area contributed by atoms with Crippen molar-refractivity contribution in [3.8, 4) is 0 Å². The van der Waals surface area contributed by atoms with Gasteiger partial charge in [-0.25, -0.2) is 4.39 Å². The van der Waals surface area contributed by atoms with E-state index in [9.17, 15) is 4.39 Å². The molecule has 94 valence electrons. The van der Waals surface area contributed by atoms with Crippen LogP contribution in [0.4, 0.5) is 10.1 Å². The predicted octanol–water partition coefficient (Wildman–Crippen LogP) is 4.79. The third-order valence-corrected chi connectivity index (χ3v) is 3.29. The second kappa shape index (κ2) is 5.74. The molecule has 2 rings (SSSR count). The highest BCUT2D eigenvalue weighted by atomic mass is 35.5. The Balaban J connectivity index is 2.13. The summed E-state index contributed by atoms with van der Waals surface area (Å²) in [7, 11) is 0. The Hall–Kier alpha value is -1.03. The van der Waals surface area contributed by atoms with Crippen LogP contribution in [-0.2, 0) is 6.54 Å². The first kappa shape index (κ1) is 13.4. The van der Waals surface area contributed by atoms with Gasteiger partial charge in [-0.1, -0.05) is 34.8 Å². The molecule has 0 saturated carbocycles. The molecule has 1 N–H and O–H groups in total. The third kappa shape index (κ3) is 3.25. The fraction of sp³-hybridized carbons (Fsp3) is 0.0833. The second-order valence-corrected chi connectivity index (χ2v) is 4.83. The molecule has 2 nitrogen and oxygen atoms in total. The monoisotopic (exact) mass is 304 g/mol. The Labute approximate surface area is 119 Å². The number of pyridine rings is 1. The Morgan fingerprint density at radius 3 is 2.44 bits per heavy atom. The number of nitrogens with one attached hydrogen (secondary N) is 1. The van der Waals surface area contributed by atoms with Crippen molar-refractivity contribution in [2.75, 3.05) is 5.32 Å². The average molecular weight is 306 g/mol. The molecule has 0 aliphatic rings. The lowest BCUT2D eigenvalue weighted by molar-refractivity contribution is 0.619. The summed E-state index contributed by atoms with van der Waals surface area (Å²) < 4.78 is 12.9. The normalized spacial score (nSPS) is 10.4. The summed E-state index contributed by atoms with van der Waals surface area (Å²) in [4.78, 5) is 3.76. The van der Waals surface area contributed by atoms with E-state index in [0.29, 0.717) is 32.9 Å². The zero-order valence-electron chi connectivity index (χ0n) is 9.05. The number of anilines is 1. The summed E-state index contributed by atoms with van der Waals surface area (Å²) in [6.07, 6.45) is 2.72. The molecule has 6 heteroatoms. The number of benzene rings is 1. The summed E-state index contributed by atoms with van der Waals surface area (Å²) in [5.41, 5.74) is 1.34. The van der Waals surface area contributed by atoms with E-state index < -0.39 is 0 Å². The lowest BCUT2D eigenvalue weighted by Crippen LogP contribution is -2.01. The fourth-order valence-electron chi connectivity index (χ4n) is 1.41. The van der Waals surface area contributed by atoms with Gasteiger partial charge in [0.1, 0.15) is 5.82 Å². The van der Waals surface area contributed by atoms with E-state index in [1.54, 1.807) is 18.3 Å². The Kier molecular flexibility index (Phi) is 4.27. The lowest BCUT2D eigenvalue weighted by Gasteiger charge is -2.09. The molecule has 1 heterocycles. The van der Waals surface area contributed by atoms with Crippen LogP contribution in [0.25, 0.3) is 0 Å². The fourth-order valence-corrected chi connectivity index (χ4v) is 2.02. The van der Waals surface area contributed by atoms with Crippen LogP contribution < -0.4 is 5.32 Å². The number of aromatic nitrogens is 1. The van der Waals surface area contributed by atoms with Gasteiger partial charge in [-0.05, 0) is 23.8 Å². The molecule has 0 aliphatic carbocycles. The topological polar surface area (TPSA) is 24.9 Å². The van der Waals surface area contributed by atoms with E-state index in [0.717, 1.165) is 6.20 Å². The van der Waals surface area contributed by atoms with Crippen molar-refractivity contribution in [1.82, 2.24) is 4.98 Å². The lowest BCUT2D eigenvalue weighted by atomic mass is 10.2.